The Kier molecular flexibility index (Phi) is 6.28. The number of hydrogen-bond donors (Lipinski definition) is 1. The number of carbonyl (C=O) groups is 5. The number of amides is 3. The van der Waals surface area contributed by atoms with Crippen LogP contribution in [0.15, 0.2) is 24.3 Å². The van der Waals surface area contributed by atoms with Gasteiger partial charge in [-0.3, -0.25) is 24.1 Å². The molecule has 2 heterocycles. The molecule has 1 aromatic heterocycles. The smallest absolute Gasteiger partial charge is 0.341 e. The highest BCUT2D eigenvalue weighted by atomic mass is 32.1. The Morgan fingerprint density at radius 3 is 2.45 bits per heavy atom. The first-order chi connectivity index (χ1) is 15.8. The monoisotopic (exact) mass is 470 g/mol. The van der Waals surface area contributed by atoms with E-state index in [0.717, 1.165) is 34.6 Å². The van der Waals surface area contributed by atoms with E-state index in [1.54, 1.807) is 12.1 Å². The van der Waals surface area contributed by atoms with Crippen LogP contribution < -0.4 is 5.32 Å². The summed E-state index contributed by atoms with van der Waals surface area (Å²) in [4.78, 5) is 63.5. The molecule has 1 N–H and O–H groups in total. The van der Waals surface area contributed by atoms with Crippen molar-refractivity contribution >= 4 is 46.0 Å². The molecule has 9 nitrogen and oxygen atoms in total. The summed E-state index contributed by atoms with van der Waals surface area (Å²) < 4.78 is 9.86. The third-order valence-electron chi connectivity index (χ3n) is 5.68. The minimum atomic E-state index is -0.896. The van der Waals surface area contributed by atoms with Gasteiger partial charge in [-0.05, 0) is 42.9 Å². The van der Waals surface area contributed by atoms with E-state index < -0.39 is 42.8 Å². The molecule has 1 unspecified atom stereocenters. The van der Waals surface area contributed by atoms with Gasteiger partial charge in [0.05, 0.1) is 23.8 Å². The van der Waals surface area contributed by atoms with Crippen molar-refractivity contribution in [3.63, 3.8) is 0 Å². The predicted octanol–water partition coefficient (Wildman–Crippen LogP) is 2.44. The molecule has 172 valence electrons. The maximum Gasteiger partial charge on any atom is 0.341 e. The number of hydrogen-bond acceptors (Lipinski definition) is 8. The van der Waals surface area contributed by atoms with Gasteiger partial charge < -0.3 is 14.8 Å². The number of benzene rings is 1. The predicted molar refractivity (Wildman–Crippen MR) is 118 cm³/mol. The fourth-order valence-electron chi connectivity index (χ4n) is 4.02. The van der Waals surface area contributed by atoms with Gasteiger partial charge >= 0.3 is 11.9 Å². The van der Waals surface area contributed by atoms with Crippen LogP contribution >= 0.6 is 11.3 Å². The third-order valence-corrected chi connectivity index (χ3v) is 6.85. The number of ether oxygens (including phenoxy) is 2. The van der Waals surface area contributed by atoms with Crippen LogP contribution in [-0.2, 0) is 31.9 Å². The summed E-state index contributed by atoms with van der Waals surface area (Å²) in [7, 11) is 1.28. The lowest BCUT2D eigenvalue weighted by Crippen LogP contribution is -2.36. The van der Waals surface area contributed by atoms with E-state index >= 15 is 0 Å². The Hall–Kier alpha value is -3.53. The Labute approximate surface area is 193 Å². The quantitative estimate of drug-likeness (QED) is 0.509. The summed E-state index contributed by atoms with van der Waals surface area (Å²) >= 11 is 1.32. The van der Waals surface area contributed by atoms with Gasteiger partial charge in [0.1, 0.15) is 11.5 Å². The van der Waals surface area contributed by atoms with E-state index in [-0.39, 0.29) is 11.1 Å². The van der Waals surface area contributed by atoms with Gasteiger partial charge in [0.25, 0.3) is 17.7 Å². The van der Waals surface area contributed by atoms with Crippen molar-refractivity contribution in [1.29, 1.82) is 0 Å². The molecule has 1 aliphatic heterocycles. The van der Waals surface area contributed by atoms with Gasteiger partial charge in [-0.25, -0.2) is 4.79 Å². The molecule has 1 atom stereocenters. The van der Waals surface area contributed by atoms with E-state index in [0.29, 0.717) is 16.5 Å². The minimum Gasteiger partial charge on any atom is -0.465 e. The maximum atomic E-state index is 12.4. The van der Waals surface area contributed by atoms with Gasteiger partial charge in [-0.1, -0.05) is 19.1 Å². The van der Waals surface area contributed by atoms with Crippen molar-refractivity contribution in [1.82, 2.24) is 4.90 Å². The van der Waals surface area contributed by atoms with E-state index in [2.05, 4.69) is 12.2 Å². The highest BCUT2D eigenvalue weighted by Crippen LogP contribution is 2.40. The number of imide groups is 1. The lowest BCUT2D eigenvalue weighted by Gasteiger charge is -2.18. The average molecular weight is 471 g/mol. The van der Waals surface area contributed by atoms with E-state index in [9.17, 15) is 24.0 Å². The molecule has 0 fully saturated rings. The average Bonchev–Trinajstić information content (AvgIpc) is 3.27. The summed E-state index contributed by atoms with van der Waals surface area (Å²) in [6.45, 7) is 0.909. The van der Waals surface area contributed by atoms with Crippen molar-refractivity contribution in [2.24, 2.45) is 5.92 Å². The van der Waals surface area contributed by atoms with Crippen LogP contribution in [0.1, 0.15) is 54.9 Å². The largest absolute Gasteiger partial charge is 0.465 e. The second-order valence-corrected chi connectivity index (χ2v) is 9.10. The molecule has 1 aromatic carbocycles. The number of rotatable bonds is 6. The van der Waals surface area contributed by atoms with Gasteiger partial charge in [0.2, 0.25) is 0 Å². The van der Waals surface area contributed by atoms with Gasteiger partial charge in [0.15, 0.2) is 6.61 Å². The summed E-state index contributed by atoms with van der Waals surface area (Å²) in [5.41, 5.74) is 1.68. The molecule has 3 amide bonds. The Balaban J connectivity index is 1.37. The van der Waals surface area contributed by atoms with Crippen LogP contribution in [0, 0.1) is 5.92 Å². The van der Waals surface area contributed by atoms with Crippen molar-refractivity contribution < 1.29 is 33.4 Å². The molecule has 2 aliphatic rings. The summed E-state index contributed by atoms with van der Waals surface area (Å²) in [6.07, 6.45) is 2.48. The van der Waals surface area contributed by atoms with Crippen molar-refractivity contribution in [2.75, 3.05) is 25.6 Å². The molecule has 10 heteroatoms. The molecule has 0 spiro atoms. The normalized spacial score (nSPS) is 16.8. The van der Waals surface area contributed by atoms with Crippen LogP contribution in [0.4, 0.5) is 5.00 Å². The molecule has 4 rings (SSSR count). The maximum absolute atomic E-state index is 12.4. The highest BCUT2D eigenvalue weighted by Gasteiger charge is 2.36. The summed E-state index contributed by atoms with van der Waals surface area (Å²) in [6, 6.07) is 6.27. The Morgan fingerprint density at radius 2 is 1.82 bits per heavy atom. The topological polar surface area (TPSA) is 119 Å². The summed E-state index contributed by atoms with van der Waals surface area (Å²) in [5.74, 6) is -2.75. The standard InChI is InChI=1S/C23H22N2O7S/c1-12-7-8-15-16(9-12)33-20(19(15)23(30)31-2)24-17(26)11-32-18(27)10-25-21(28)13-5-3-4-6-14(13)22(25)29/h3-6,12H,7-11H2,1-2H3,(H,24,26). The molecular weight excluding hydrogens is 448 g/mol. The van der Waals surface area contributed by atoms with Gasteiger partial charge in [0, 0.05) is 4.88 Å². The van der Waals surface area contributed by atoms with Crippen molar-refractivity contribution in [2.45, 2.75) is 26.2 Å². The van der Waals surface area contributed by atoms with Gasteiger partial charge in [-0.15, -0.1) is 11.3 Å². The first-order valence-electron chi connectivity index (χ1n) is 10.4. The first-order valence-corrected chi connectivity index (χ1v) is 11.2. The zero-order valence-electron chi connectivity index (χ0n) is 18.1. The van der Waals surface area contributed by atoms with E-state index in [1.807, 2.05) is 0 Å². The fraction of sp³-hybridized carbons (Fsp3) is 0.348. The van der Waals surface area contributed by atoms with Crippen LogP contribution in [0.25, 0.3) is 0 Å². The van der Waals surface area contributed by atoms with Crippen LogP contribution in [0.5, 0.6) is 0 Å². The number of fused-ring (bicyclic) bond motifs is 2. The van der Waals surface area contributed by atoms with Crippen LogP contribution in [0.2, 0.25) is 0 Å². The zero-order chi connectivity index (χ0) is 23.7. The van der Waals surface area contributed by atoms with E-state index in [4.69, 9.17) is 9.47 Å². The van der Waals surface area contributed by atoms with Crippen LogP contribution in [0.3, 0.4) is 0 Å². The molecule has 1 aliphatic carbocycles. The molecule has 33 heavy (non-hydrogen) atoms. The van der Waals surface area contributed by atoms with E-state index in [1.165, 1.54) is 30.6 Å². The number of esters is 2. The number of thiophene rings is 1. The second kappa shape index (κ2) is 9.14. The van der Waals surface area contributed by atoms with Crippen LogP contribution in [-0.4, -0.2) is 54.8 Å². The van der Waals surface area contributed by atoms with Crippen molar-refractivity contribution in [3.8, 4) is 0 Å². The minimum absolute atomic E-state index is 0.222. The zero-order valence-corrected chi connectivity index (χ0v) is 19.0. The number of methoxy groups -OCH3 is 1. The number of nitrogens with zero attached hydrogens (tertiary/aromatic N) is 1. The number of anilines is 1. The lowest BCUT2D eigenvalue weighted by atomic mass is 9.88. The molecule has 0 saturated carbocycles. The number of nitrogens with one attached hydrogen (secondary N) is 1. The Morgan fingerprint density at radius 1 is 1.15 bits per heavy atom. The Bertz CT molecular complexity index is 1130. The molecular formula is C23H22N2O7S. The highest BCUT2D eigenvalue weighted by molar-refractivity contribution is 7.17. The molecule has 0 bridgehead atoms. The number of carbonyl (C=O) groups excluding carboxylic acids is 5. The van der Waals surface area contributed by atoms with Crippen molar-refractivity contribution in [3.05, 3.63) is 51.4 Å². The molecule has 2 aromatic rings. The lowest BCUT2D eigenvalue weighted by molar-refractivity contribution is -0.147. The fourth-order valence-corrected chi connectivity index (χ4v) is 5.44. The first kappa shape index (κ1) is 22.7. The SMILES string of the molecule is COC(=O)c1c(NC(=O)COC(=O)CN2C(=O)c3ccccc3C2=O)sc2c1CCC(C)C2. The molecule has 0 radical (unpaired) electrons. The molecule has 0 saturated heterocycles. The second-order valence-electron chi connectivity index (χ2n) is 8.00. The summed E-state index contributed by atoms with van der Waals surface area (Å²) in [5, 5.41) is 3.00. The third kappa shape index (κ3) is 4.38. The van der Waals surface area contributed by atoms with Gasteiger partial charge in [-0.2, -0.15) is 0 Å².